The van der Waals surface area contributed by atoms with Crippen molar-refractivity contribution < 1.29 is 4.79 Å². The van der Waals surface area contributed by atoms with Crippen LogP contribution in [0.5, 0.6) is 0 Å². The Morgan fingerprint density at radius 1 is 0.786 bits per heavy atom. The van der Waals surface area contributed by atoms with Crippen molar-refractivity contribution in [2.24, 2.45) is 0 Å². The van der Waals surface area contributed by atoms with Gasteiger partial charge in [0.1, 0.15) is 0 Å². The molecule has 0 bridgehead atoms. The van der Waals surface area contributed by atoms with Crippen molar-refractivity contribution in [2.75, 3.05) is 13.1 Å². The maximum atomic E-state index is 12.4. The third-order valence-electron chi connectivity index (χ3n) is 4.98. The van der Waals surface area contributed by atoms with Crippen molar-refractivity contribution in [3.8, 4) is 0 Å². The van der Waals surface area contributed by atoms with Gasteiger partial charge in [0, 0.05) is 6.54 Å². The summed E-state index contributed by atoms with van der Waals surface area (Å²) in [4.78, 5) is 12.4. The van der Waals surface area contributed by atoms with Gasteiger partial charge in [0.2, 0.25) is 5.91 Å². The van der Waals surface area contributed by atoms with E-state index in [-0.39, 0.29) is 24.4 Å². The molecule has 0 heterocycles. The Labute approximate surface area is 167 Å². The molecular weight excluding hydrogens is 344 g/mol. The number of aryl methyl sites for hydroxylation is 1. The monoisotopic (exact) mass is 372 g/mol. The molecule has 0 aliphatic heterocycles. The van der Waals surface area contributed by atoms with E-state index < -0.39 is 0 Å². The molecule has 0 saturated carbocycles. The summed E-state index contributed by atoms with van der Waals surface area (Å²) >= 11 is 0. The summed E-state index contributed by atoms with van der Waals surface area (Å²) in [7, 11) is 0. The first-order valence-electron chi connectivity index (χ1n) is 9.80. The predicted molar refractivity (Wildman–Crippen MR) is 115 cm³/mol. The van der Waals surface area contributed by atoms with E-state index in [1.807, 2.05) is 36.4 Å². The lowest BCUT2D eigenvalue weighted by Crippen LogP contribution is -2.37. The summed E-state index contributed by atoms with van der Waals surface area (Å²) in [6.07, 6.45) is 0. The van der Waals surface area contributed by atoms with Gasteiger partial charge in [0.15, 0.2) is 0 Å². The molecule has 3 nitrogen and oxygen atoms in total. The van der Waals surface area contributed by atoms with Crippen molar-refractivity contribution in [1.82, 2.24) is 10.6 Å². The molecule has 0 aromatic heterocycles. The molecule has 0 fully saturated rings. The third-order valence-corrected chi connectivity index (χ3v) is 4.98. The van der Waals surface area contributed by atoms with Crippen LogP contribution < -0.4 is 10.6 Å². The Balaban J connectivity index is 1.60. The van der Waals surface area contributed by atoms with Gasteiger partial charge in [-0.3, -0.25) is 10.1 Å². The van der Waals surface area contributed by atoms with Gasteiger partial charge in [-0.15, -0.1) is 0 Å². The molecule has 2 atom stereocenters. The molecule has 0 aliphatic rings. The highest BCUT2D eigenvalue weighted by Crippen LogP contribution is 2.22. The summed E-state index contributed by atoms with van der Waals surface area (Å²) in [5.41, 5.74) is 4.76. The van der Waals surface area contributed by atoms with Crippen LogP contribution in [0.2, 0.25) is 0 Å². The van der Waals surface area contributed by atoms with Crippen LogP contribution in [0.3, 0.4) is 0 Å². The number of hydrogen-bond donors (Lipinski definition) is 2. The largest absolute Gasteiger partial charge is 0.354 e. The average Bonchev–Trinajstić information content (AvgIpc) is 2.75. The smallest absolute Gasteiger partial charge is 0.234 e. The highest BCUT2D eigenvalue weighted by Gasteiger charge is 2.15. The fourth-order valence-electron chi connectivity index (χ4n) is 3.26. The fraction of sp³-hybridized carbons (Fsp3) is 0.240. The molecule has 144 valence electrons. The summed E-state index contributed by atoms with van der Waals surface area (Å²) in [5, 5.41) is 6.47. The fourth-order valence-corrected chi connectivity index (χ4v) is 3.26. The maximum Gasteiger partial charge on any atom is 0.234 e. The highest BCUT2D eigenvalue weighted by molar-refractivity contribution is 5.78. The van der Waals surface area contributed by atoms with Crippen LogP contribution in [0, 0.1) is 6.92 Å². The van der Waals surface area contributed by atoms with Crippen LogP contribution in [0.4, 0.5) is 0 Å². The molecular formula is C25H28N2O. The van der Waals surface area contributed by atoms with Crippen molar-refractivity contribution in [2.45, 2.75) is 25.8 Å². The molecule has 0 radical (unpaired) electrons. The van der Waals surface area contributed by atoms with Crippen LogP contribution in [-0.2, 0) is 4.79 Å². The molecule has 3 aromatic rings. The number of nitrogens with one attached hydrogen (secondary N) is 2. The quantitative estimate of drug-likeness (QED) is 0.607. The second-order valence-electron chi connectivity index (χ2n) is 7.25. The Hall–Kier alpha value is -2.91. The first-order valence-corrected chi connectivity index (χ1v) is 9.80. The second-order valence-corrected chi connectivity index (χ2v) is 7.25. The van der Waals surface area contributed by atoms with E-state index in [0.717, 1.165) is 11.1 Å². The molecule has 3 aromatic carbocycles. The van der Waals surface area contributed by atoms with Crippen molar-refractivity contribution in [3.05, 3.63) is 107 Å². The lowest BCUT2D eigenvalue weighted by atomic mass is 9.98. The molecule has 28 heavy (non-hydrogen) atoms. The van der Waals surface area contributed by atoms with Crippen LogP contribution in [0.1, 0.15) is 41.1 Å². The zero-order chi connectivity index (χ0) is 19.8. The first kappa shape index (κ1) is 19.8. The summed E-state index contributed by atoms with van der Waals surface area (Å²) in [6.45, 7) is 5.11. The SMILES string of the molecule is Cc1ccc([C@@H](NCC(=O)NC[C@H](C)c2ccccc2)c2ccccc2)cc1. The Morgan fingerprint density at radius 3 is 1.93 bits per heavy atom. The second kappa shape index (κ2) is 9.86. The first-order chi connectivity index (χ1) is 13.6. The van der Waals surface area contributed by atoms with Crippen LogP contribution in [0.15, 0.2) is 84.9 Å². The zero-order valence-corrected chi connectivity index (χ0v) is 16.6. The lowest BCUT2D eigenvalue weighted by Gasteiger charge is -2.20. The summed E-state index contributed by atoms with van der Waals surface area (Å²) < 4.78 is 0. The minimum Gasteiger partial charge on any atom is -0.354 e. The van der Waals surface area contributed by atoms with Gasteiger partial charge in [-0.1, -0.05) is 97.4 Å². The maximum absolute atomic E-state index is 12.4. The molecule has 3 rings (SSSR count). The molecule has 1 amide bonds. The standard InChI is InChI=1S/C25H28N2O/c1-19-13-15-23(16-14-19)25(22-11-7-4-8-12-22)27-18-24(28)26-17-20(2)21-9-5-3-6-10-21/h3-16,20,25,27H,17-18H2,1-2H3,(H,26,28)/t20-,25-/m0/s1. The van der Waals surface area contributed by atoms with Gasteiger partial charge >= 0.3 is 0 Å². The molecule has 3 heteroatoms. The van der Waals surface area contributed by atoms with E-state index in [0.29, 0.717) is 6.54 Å². The van der Waals surface area contributed by atoms with Gasteiger partial charge in [-0.25, -0.2) is 0 Å². The van der Waals surface area contributed by atoms with Gasteiger partial charge in [-0.2, -0.15) is 0 Å². The molecule has 2 N–H and O–H groups in total. The number of carbonyl (C=O) groups is 1. The van der Waals surface area contributed by atoms with E-state index in [1.165, 1.54) is 11.1 Å². The average molecular weight is 373 g/mol. The number of carbonyl (C=O) groups excluding carboxylic acids is 1. The molecule has 0 unspecified atom stereocenters. The van der Waals surface area contributed by atoms with Gasteiger partial charge in [0.05, 0.1) is 12.6 Å². The van der Waals surface area contributed by atoms with E-state index in [1.54, 1.807) is 0 Å². The van der Waals surface area contributed by atoms with E-state index in [2.05, 4.69) is 73.0 Å². The van der Waals surface area contributed by atoms with Gasteiger partial charge in [-0.05, 0) is 29.5 Å². The number of hydrogen-bond acceptors (Lipinski definition) is 2. The zero-order valence-electron chi connectivity index (χ0n) is 16.6. The summed E-state index contributed by atoms with van der Waals surface area (Å²) in [6, 6.07) is 28.9. The Kier molecular flexibility index (Phi) is 6.99. The van der Waals surface area contributed by atoms with Crippen molar-refractivity contribution in [3.63, 3.8) is 0 Å². The Bertz CT molecular complexity index is 860. The number of amides is 1. The molecule has 0 aliphatic carbocycles. The van der Waals surface area contributed by atoms with Crippen molar-refractivity contribution >= 4 is 5.91 Å². The predicted octanol–water partition coefficient (Wildman–Crippen LogP) is 4.59. The highest BCUT2D eigenvalue weighted by atomic mass is 16.1. The van der Waals surface area contributed by atoms with Crippen LogP contribution >= 0.6 is 0 Å². The van der Waals surface area contributed by atoms with E-state index in [4.69, 9.17) is 0 Å². The van der Waals surface area contributed by atoms with Gasteiger partial charge < -0.3 is 5.32 Å². The lowest BCUT2D eigenvalue weighted by molar-refractivity contribution is -0.120. The minimum atomic E-state index is -0.0147. The Morgan fingerprint density at radius 2 is 1.32 bits per heavy atom. The number of rotatable bonds is 8. The molecule has 0 spiro atoms. The number of benzene rings is 3. The van der Waals surface area contributed by atoms with Gasteiger partial charge in [0.25, 0.3) is 0 Å². The normalized spacial score (nSPS) is 12.9. The van der Waals surface area contributed by atoms with Crippen LogP contribution in [-0.4, -0.2) is 19.0 Å². The topological polar surface area (TPSA) is 41.1 Å². The van der Waals surface area contributed by atoms with E-state index in [9.17, 15) is 4.79 Å². The minimum absolute atomic E-state index is 0.0100. The van der Waals surface area contributed by atoms with E-state index >= 15 is 0 Å². The summed E-state index contributed by atoms with van der Waals surface area (Å²) in [5.74, 6) is 0.294. The third kappa shape index (κ3) is 5.54. The molecule has 0 saturated heterocycles. The van der Waals surface area contributed by atoms with Crippen LogP contribution in [0.25, 0.3) is 0 Å². The van der Waals surface area contributed by atoms with Crippen molar-refractivity contribution in [1.29, 1.82) is 0 Å².